The van der Waals surface area contributed by atoms with Crippen LogP contribution in [0.1, 0.15) is 5.56 Å². The predicted octanol–water partition coefficient (Wildman–Crippen LogP) is 5.58. The fraction of sp³-hybridized carbons (Fsp3) is 0.261. The molecule has 8 nitrogen and oxygen atoms in total. The molecule has 0 aliphatic rings. The highest BCUT2D eigenvalue weighted by molar-refractivity contribution is 6.43. The van der Waals surface area contributed by atoms with Gasteiger partial charge in [-0.3, -0.25) is 0 Å². The molecule has 1 aromatic heterocycles. The van der Waals surface area contributed by atoms with Crippen molar-refractivity contribution in [3.63, 3.8) is 0 Å². The highest BCUT2D eigenvalue weighted by atomic mass is 35.5. The summed E-state index contributed by atoms with van der Waals surface area (Å²) in [7, 11) is 5.05. The number of rotatable bonds is 9. The van der Waals surface area contributed by atoms with E-state index in [1.807, 2.05) is 11.9 Å². The first kappa shape index (κ1) is 25.8. The van der Waals surface area contributed by atoms with Gasteiger partial charge in [-0.15, -0.1) is 0 Å². The monoisotopic (exact) mass is 523 g/mol. The fourth-order valence-corrected chi connectivity index (χ4v) is 3.65. The number of anilines is 3. The number of aromatic nitrogens is 2. The molecule has 0 spiro atoms. The number of nitrogens with zero attached hydrogens (tertiary/aromatic N) is 4. The van der Waals surface area contributed by atoms with Crippen LogP contribution in [-0.4, -0.2) is 50.4 Å². The van der Waals surface area contributed by atoms with Crippen LogP contribution in [0.2, 0.25) is 15.1 Å². The molecule has 1 N–H and O–H groups in total. The number of likely N-dealkylation sites (N-methyl/N-ethyl adjacent to an activating group) is 1. The summed E-state index contributed by atoms with van der Waals surface area (Å²) in [6.07, 6.45) is 1.60. The Balaban J connectivity index is 1.91. The fourth-order valence-electron chi connectivity index (χ4n) is 3.01. The quantitative estimate of drug-likeness (QED) is 0.368. The number of amides is 2. The Morgan fingerprint density at radius 2 is 1.74 bits per heavy atom. The molecule has 3 aromatic rings. The van der Waals surface area contributed by atoms with Crippen LogP contribution in [0.15, 0.2) is 48.7 Å². The first-order chi connectivity index (χ1) is 16.3. The topological polar surface area (TPSA) is 79.8 Å². The van der Waals surface area contributed by atoms with E-state index in [9.17, 15) is 4.79 Å². The Kier molecular flexibility index (Phi) is 9.18. The highest BCUT2D eigenvalue weighted by Gasteiger charge is 2.21. The molecule has 0 saturated carbocycles. The summed E-state index contributed by atoms with van der Waals surface area (Å²) in [5.41, 5.74) is 1.21. The van der Waals surface area contributed by atoms with E-state index in [1.54, 1.807) is 62.9 Å². The van der Waals surface area contributed by atoms with E-state index in [-0.39, 0.29) is 6.54 Å². The smallest absolute Gasteiger partial charge is 0.327 e. The number of carbonyl (C=O) groups excluding carboxylic acids is 1. The highest BCUT2D eigenvalue weighted by Crippen LogP contribution is 2.30. The van der Waals surface area contributed by atoms with Crippen molar-refractivity contribution in [2.75, 3.05) is 44.2 Å². The second kappa shape index (κ2) is 12.1. The van der Waals surface area contributed by atoms with Crippen LogP contribution in [0.3, 0.4) is 0 Å². The molecular weight excluding hydrogens is 501 g/mol. The molecule has 2 amide bonds. The third-order valence-electron chi connectivity index (χ3n) is 4.88. The summed E-state index contributed by atoms with van der Waals surface area (Å²) in [6.45, 7) is 1.23. The Bertz CT molecular complexity index is 1130. The molecule has 0 unspecified atom stereocenters. The maximum Gasteiger partial charge on any atom is 0.327 e. The van der Waals surface area contributed by atoms with Gasteiger partial charge in [0, 0.05) is 44.5 Å². The Morgan fingerprint density at radius 3 is 2.41 bits per heavy atom. The number of ether oxygens (including phenoxy) is 2. The van der Waals surface area contributed by atoms with E-state index >= 15 is 0 Å². The first-order valence-corrected chi connectivity index (χ1v) is 11.4. The maximum atomic E-state index is 13.4. The molecule has 180 valence electrons. The van der Waals surface area contributed by atoms with Gasteiger partial charge in [-0.1, -0.05) is 34.8 Å². The van der Waals surface area contributed by atoms with Gasteiger partial charge in [-0.05, 0) is 42.0 Å². The number of carbonyl (C=O) groups is 1. The van der Waals surface area contributed by atoms with E-state index < -0.39 is 6.03 Å². The van der Waals surface area contributed by atoms with Crippen molar-refractivity contribution in [1.82, 2.24) is 15.3 Å². The van der Waals surface area contributed by atoms with E-state index in [0.29, 0.717) is 57.0 Å². The largest absolute Gasteiger partial charge is 0.497 e. The van der Waals surface area contributed by atoms with Crippen LogP contribution in [0.4, 0.5) is 22.2 Å². The molecule has 0 aliphatic carbocycles. The summed E-state index contributed by atoms with van der Waals surface area (Å²) in [5, 5.41) is 3.96. The van der Waals surface area contributed by atoms with Gasteiger partial charge in [0.25, 0.3) is 0 Å². The average Bonchev–Trinajstić information content (AvgIpc) is 2.84. The van der Waals surface area contributed by atoms with Crippen molar-refractivity contribution in [2.24, 2.45) is 0 Å². The Hall–Kier alpha value is -2.78. The minimum Gasteiger partial charge on any atom is -0.497 e. The van der Waals surface area contributed by atoms with E-state index in [2.05, 4.69) is 15.3 Å². The summed E-state index contributed by atoms with van der Waals surface area (Å²) >= 11 is 18.4. The van der Waals surface area contributed by atoms with Crippen LogP contribution in [0.5, 0.6) is 5.75 Å². The summed E-state index contributed by atoms with van der Waals surface area (Å²) < 4.78 is 10.4. The van der Waals surface area contributed by atoms with Crippen LogP contribution >= 0.6 is 34.8 Å². The van der Waals surface area contributed by atoms with Crippen molar-refractivity contribution >= 4 is 58.3 Å². The SMILES string of the molecule is COCCN(C)c1nccc(N(C(=O)NCc2cc(Cl)c(Cl)cc2Cl)c2ccc(OC)cc2)n1. The van der Waals surface area contributed by atoms with Gasteiger partial charge < -0.3 is 19.7 Å². The third-order valence-corrected chi connectivity index (χ3v) is 5.96. The van der Waals surface area contributed by atoms with Crippen LogP contribution in [0, 0.1) is 0 Å². The first-order valence-electron chi connectivity index (χ1n) is 10.2. The zero-order chi connectivity index (χ0) is 24.7. The number of hydrogen-bond acceptors (Lipinski definition) is 6. The normalized spacial score (nSPS) is 10.6. The molecule has 0 saturated heterocycles. The van der Waals surface area contributed by atoms with Crippen LogP contribution in [0.25, 0.3) is 0 Å². The standard InChI is InChI=1S/C23H24Cl3N5O3/c1-30(10-11-33-2)22-27-9-8-21(29-22)31(16-4-6-17(34-3)7-5-16)23(32)28-14-15-12-19(25)20(26)13-18(15)24/h4-9,12-13H,10-11,14H2,1-3H3,(H,28,32). The summed E-state index contributed by atoms with van der Waals surface area (Å²) in [6, 6.07) is 11.5. The average molecular weight is 525 g/mol. The molecule has 3 rings (SSSR count). The second-order valence-electron chi connectivity index (χ2n) is 7.18. The summed E-state index contributed by atoms with van der Waals surface area (Å²) in [5.74, 6) is 1.50. The van der Waals surface area contributed by atoms with Gasteiger partial charge in [0.15, 0.2) is 0 Å². The lowest BCUT2D eigenvalue weighted by atomic mass is 10.2. The van der Waals surface area contributed by atoms with Crippen LogP contribution in [-0.2, 0) is 11.3 Å². The van der Waals surface area contributed by atoms with Gasteiger partial charge in [0.05, 0.1) is 29.4 Å². The van der Waals surface area contributed by atoms with Crippen molar-refractivity contribution in [2.45, 2.75) is 6.54 Å². The minimum atomic E-state index is -0.420. The lowest BCUT2D eigenvalue weighted by molar-refractivity contribution is 0.206. The van der Waals surface area contributed by atoms with Crippen molar-refractivity contribution in [3.8, 4) is 5.75 Å². The van der Waals surface area contributed by atoms with E-state index in [1.165, 1.54) is 4.90 Å². The third kappa shape index (κ3) is 6.42. The van der Waals surface area contributed by atoms with Gasteiger partial charge in [0.2, 0.25) is 5.95 Å². The molecule has 0 bridgehead atoms. The number of nitrogens with one attached hydrogen (secondary N) is 1. The van der Waals surface area contributed by atoms with Crippen molar-refractivity contribution < 1.29 is 14.3 Å². The molecule has 0 fully saturated rings. The molecule has 1 heterocycles. The molecule has 2 aromatic carbocycles. The van der Waals surface area contributed by atoms with E-state index in [4.69, 9.17) is 44.3 Å². The van der Waals surface area contributed by atoms with E-state index in [0.717, 1.165) is 0 Å². The molecule has 0 aliphatic heterocycles. The maximum absolute atomic E-state index is 13.4. The van der Waals surface area contributed by atoms with Crippen LogP contribution < -0.4 is 19.9 Å². The molecular formula is C23H24Cl3N5O3. The van der Waals surface area contributed by atoms with Crippen molar-refractivity contribution in [3.05, 3.63) is 69.3 Å². The zero-order valence-electron chi connectivity index (χ0n) is 18.9. The van der Waals surface area contributed by atoms with Gasteiger partial charge >= 0.3 is 6.03 Å². The van der Waals surface area contributed by atoms with Gasteiger partial charge in [-0.25, -0.2) is 14.7 Å². The second-order valence-corrected chi connectivity index (χ2v) is 8.40. The number of urea groups is 1. The molecule has 0 atom stereocenters. The Labute approximate surface area is 213 Å². The Morgan fingerprint density at radius 1 is 1.03 bits per heavy atom. The van der Waals surface area contributed by atoms with Gasteiger partial charge in [-0.2, -0.15) is 4.98 Å². The number of benzene rings is 2. The molecule has 0 radical (unpaired) electrons. The predicted molar refractivity (Wildman–Crippen MR) is 136 cm³/mol. The number of halogens is 3. The lowest BCUT2D eigenvalue weighted by Gasteiger charge is -2.24. The molecule has 34 heavy (non-hydrogen) atoms. The van der Waals surface area contributed by atoms with Crippen molar-refractivity contribution in [1.29, 1.82) is 0 Å². The minimum absolute atomic E-state index is 0.132. The molecule has 11 heteroatoms. The van der Waals surface area contributed by atoms with Gasteiger partial charge in [0.1, 0.15) is 11.6 Å². The number of methoxy groups -OCH3 is 2. The zero-order valence-corrected chi connectivity index (χ0v) is 21.2. The lowest BCUT2D eigenvalue weighted by Crippen LogP contribution is -2.37. The summed E-state index contributed by atoms with van der Waals surface area (Å²) in [4.78, 5) is 25.6. The number of hydrogen-bond donors (Lipinski definition) is 1.